The van der Waals surface area contributed by atoms with E-state index < -0.39 is 0 Å². The van der Waals surface area contributed by atoms with E-state index in [4.69, 9.17) is 0 Å². The number of allylic oxidation sites excluding steroid dienone is 2. The lowest BCUT2D eigenvalue weighted by atomic mass is 10.3. The molecule has 0 heterocycles. The van der Waals surface area contributed by atoms with Gasteiger partial charge in [-0.15, -0.1) is 0 Å². The minimum atomic E-state index is 1.12. The molecule has 10 heavy (non-hydrogen) atoms. The Labute approximate surface area is 64.0 Å². The highest BCUT2D eigenvalue weighted by Crippen LogP contribution is 1.87. The van der Waals surface area contributed by atoms with E-state index in [2.05, 4.69) is 25.3 Å². The molecule has 0 saturated carbocycles. The first-order valence-electron chi connectivity index (χ1n) is 4.06. The van der Waals surface area contributed by atoms with Crippen LogP contribution in [0.4, 0.5) is 0 Å². The summed E-state index contributed by atoms with van der Waals surface area (Å²) >= 11 is 0. The number of hydrogen-bond donors (Lipinski definition) is 0. The minimum absolute atomic E-state index is 1.12. The van der Waals surface area contributed by atoms with Gasteiger partial charge in [0, 0.05) is 0 Å². The summed E-state index contributed by atoms with van der Waals surface area (Å²) in [5.41, 5.74) is 5.98. The largest absolute Gasteiger partial charge is 0.0750 e. The third-order valence-electron chi connectivity index (χ3n) is 1.15. The molecule has 0 aliphatic carbocycles. The van der Waals surface area contributed by atoms with Gasteiger partial charge in [-0.25, -0.2) is 0 Å². The molecule has 0 nitrogen and oxygen atoms in total. The van der Waals surface area contributed by atoms with Crippen molar-refractivity contribution >= 4 is 0 Å². The normalized spacial score (nSPS) is 7.80. The topological polar surface area (TPSA) is 0 Å². The standard InChI is InChI=1S/C10H16/c1-3-5-7-9-10-8-6-4-2/h7-8H,3-6H2,1-2H3. The predicted octanol–water partition coefficient (Wildman–Crippen LogP) is 3.45. The maximum atomic E-state index is 2.99. The van der Waals surface area contributed by atoms with E-state index in [0.717, 1.165) is 12.8 Å². The molecule has 0 N–H and O–H groups in total. The van der Waals surface area contributed by atoms with Crippen LogP contribution in [-0.2, 0) is 0 Å². The Morgan fingerprint density at radius 2 is 1.30 bits per heavy atom. The molecule has 0 saturated heterocycles. The van der Waals surface area contributed by atoms with Crippen molar-refractivity contribution in [2.24, 2.45) is 0 Å². The smallest absolute Gasteiger partial charge is 0.0271 e. The zero-order valence-electron chi connectivity index (χ0n) is 6.98. The highest BCUT2D eigenvalue weighted by atomic mass is 13.7. The number of hydrogen-bond acceptors (Lipinski definition) is 0. The summed E-state index contributed by atoms with van der Waals surface area (Å²) in [7, 11) is 0. The van der Waals surface area contributed by atoms with E-state index in [-0.39, 0.29) is 0 Å². The molecule has 0 rings (SSSR count). The van der Waals surface area contributed by atoms with Crippen LogP contribution in [0.15, 0.2) is 23.6 Å². The van der Waals surface area contributed by atoms with E-state index >= 15 is 0 Å². The number of unbranched alkanes of at least 4 members (excludes halogenated alkanes) is 2. The Hall–Kier alpha value is -0.700. The van der Waals surface area contributed by atoms with Crippen molar-refractivity contribution in [3.8, 4) is 0 Å². The Morgan fingerprint density at radius 3 is 1.60 bits per heavy atom. The summed E-state index contributed by atoms with van der Waals surface area (Å²) in [6.45, 7) is 4.32. The summed E-state index contributed by atoms with van der Waals surface area (Å²) in [5, 5.41) is 0. The SMILES string of the molecule is CCCC=C=C=CCCC. The molecule has 0 heteroatoms. The van der Waals surface area contributed by atoms with E-state index in [0.29, 0.717) is 0 Å². The molecule has 0 aliphatic rings. The first-order chi connectivity index (χ1) is 4.91. The monoisotopic (exact) mass is 136 g/mol. The van der Waals surface area contributed by atoms with Gasteiger partial charge < -0.3 is 0 Å². The van der Waals surface area contributed by atoms with Crippen LogP contribution in [-0.4, -0.2) is 0 Å². The van der Waals surface area contributed by atoms with E-state index in [9.17, 15) is 0 Å². The van der Waals surface area contributed by atoms with Crippen molar-refractivity contribution in [3.63, 3.8) is 0 Å². The van der Waals surface area contributed by atoms with Crippen LogP contribution >= 0.6 is 0 Å². The van der Waals surface area contributed by atoms with Gasteiger partial charge in [0.2, 0.25) is 0 Å². The average Bonchev–Trinajstić information content (AvgIpc) is 1.97. The average molecular weight is 136 g/mol. The summed E-state index contributed by atoms with van der Waals surface area (Å²) in [6, 6.07) is 0. The second-order valence-electron chi connectivity index (χ2n) is 2.27. The number of rotatable bonds is 4. The zero-order chi connectivity index (χ0) is 7.66. The van der Waals surface area contributed by atoms with Crippen molar-refractivity contribution in [3.05, 3.63) is 23.6 Å². The van der Waals surface area contributed by atoms with Gasteiger partial charge >= 0.3 is 0 Å². The molecule has 0 bridgehead atoms. The van der Waals surface area contributed by atoms with Crippen molar-refractivity contribution in [1.29, 1.82) is 0 Å². The van der Waals surface area contributed by atoms with Crippen molar-refractivity contribution in [2.45, 2.75) is 39.5 Å². The van der Waals surface area contributed by atoms with Gasteiger partial charge in [-0.05, 0) is 25.0 Å². The quantitative estimate of drug-likeness (QED) is 0.519. The Morgan fingerprint density at radius 1 is 0.900 bits per heavy atom. The van der Waals surface area contributed by atoms with Crippen LogP contribution < -0.4 is 0 Å². The molecule has 0 unspecified atom stereocenters. The van der Waals surface area contributed by atoms with E-state index in [1.807, 2.05) is 12.2 Å². The fraction of sp³-hybridized carbons (Fsp3) is 0.600. The fourth-order valence-corrected chi connectivity index (χ4v) is 0.551. The van der Waals surface area contributed by atoms with Crippen molar-refractivity contribution < 1.29 is 0 Å². The molecule has 0 aromatic rings. The summed E-state index contributed by atoms with van der Waals surface area (Å²) in [5.74, 6) is 0. The second-order valence-corrected chi connectivity index (χ2v) is 2.27. The highest BCUT2D eigenvalue weighted by Gasteiger charge is 1.67. The lowest BCUT2D eigenvalue weighted by Gasteiger charge is -1.75. The third-order valence-corrected chi connectivity index (χ3v) is 1.15. The van der Waals surface area contributed by atoms with Gasteiger partial charge in [0.25, 0.3) is 0 Å². The molecular formula is C10H16. The molecule has 0 radical (unpaired) electrons. The lowest BCUT2D eigenvalue weighted by Crippen LogP contribution is -1.56. The van der Waals surface area contributed by atoms with Crippen molar-refractivity contribution in [2.75, 3.05) is 0 Å². The minimum Gasteiger partial charge on any atom is -0.0750 e. The molecular weight excluding hydrogens is 120 g/mol. The summed E-state index contributed by atoms with van der Waals surface area (Å²) in [6.07, 6.45) is 8.70. The van der Waals surface area contributed by atoms with Gasteiger partial charge in [-0.1, -0.05) is 38.2 Å². The Bertz CT molecular complexity index is 123. The van der Waals surface area contributed by atoms with Gasteiger partial charge in [0.05, 0.1) is 0 Å². The van der Waals surface area contributed by atoms with Crippen LogP contribution in [0.1, 0.15) is 39.5 Å². The summed E-state index contributed by atoms with van der Waals surface area (Å²) < 4.78 is 0. The second kappa shape index (κ2) is 8.30. The Kier molecular flexibility index (Phi) is 7.72. The molecule has 0 amide bonds. The first kappa shape index (κ1) is 9.30. The fourth-order valence-electron chi connectivity index (χ4n) is 0.551. The molecule has 0 spiro atoms. The van der Waals surface area contributed by atoms with Crippen molar-refractivity contribution in [1.82, 2.24) is 0 Å². The van der Waals surface area contributed by atoms with Crippen LogP contribution in [0.25, 0.3) is 0 Å². The molecule has 0 atom stereocenters. The van der Waals surface area contributed by atoms with E-state index in [1.54, 1.807) is 0 Å². The van der Waals surface area contributed by atoms with Crippen LogP contribution in [0.2, 0.25) is 0 Å². The summed E-state index contributed by atoms with van der Waals surface area (Å²) in [4.78, 5) is 0. The third kappa shape index (κ3) is 7.30. The Balaban J connectivity index is 3.50. The van der Waals surface area contributed by atoms with Gasteiger partial charge in [-0.2, -0.15) is 0 Å². The van der Waals surface area contributed by atoms with Crippen LogP contribution in [0, 0.1) is 0 Å². The first-order valence-corrected chi connectivity index (χ1v) is 4.06. The van der Waals surface area contributed by atoms with Gasteiger partial charge in [0.15, 0.2) is 0 Å². The maximum Gasteiger partial charge on any atom is -0.0271 e. The van der Waals surface area contributed by atoms with Gasteiger partial charge in [0.1, 0.15) is 0 Å². The predicted molar refractivity (Wildman–Crippen MR) is 46.0 cm³/mol. The van der Waals surface area contributed by atoms with Crippen LogP contribution in [0.3, 0.4) is 0 Å². The molecule has 0 fully saturated rings. The molecule has 0 aromatic heterocycles. The molecule has 0 aliphatic heterocycles. The molecule has 56 valence electrons. The highest BCUT2D eigenvalue weighted by molar-refractivity contribution is 4.86. The zero-order valence-corrected chi connectivity index (χ0v) is 6.98. The van der Waals surface area contributed by atoms with Crippen LogP contribution in [0.5, 0.6) is 0 Å². The maximum absolute atomic E-state index is 2.99. The van der Waals surface area contributed by atoms with E-state index in [1.165, 1.54) is 12.8 Å². The molecule has 0 aromatic carbocycles. The lowest BCUT2D eigenvalue weighted by molar-refractivity contribution is 0.956. The van der Waals surface area contributed by atoms with Gasteiger partial charge in [-0.3, -0.25) is 0 Å².